The lowest BCUT2D eigenvalue weighted by Gasteiger charge is -2.08. The Morgan fingerprint density at radius 2 is 1.63 bits per heavy atom. The average molecular weight is 263 g/mol. The van der Waals surface area contributed by atoms with E-state index in [1.54, 1.807) is 0 Å². The van der Waals surface area contributed by atoms with Crippen molar-refractivity contribution in [1.82, 2.24) is 0 Å². The van der Waals surface area contributed by atoms with E-state index in [-0.39, 0.29) is 5.75 Å². The molecule has 1 N–H and O–H groups in total. The van der Waals surface area contributed by atoms with Gasteiger partial charge in [0.1, 0.15) is 17.4 Å². The van der Waals surface area contributed by atoms with Gasteiger partial charge in [-0.25, -0.2) is 8.78 Å². The molecule has 0 atom stereocenters. The third-order valence-corrected chi connectivity index (χ3v) is 2.53. The lowest BCUT2D eigenvalue weighted by atomic mass is 10.3. The first kappa shape index (κ1) is 13.3. The fraction of sp³-hybridized carbons (Fsp3) is 0.200. The maximum absolute atomic E-state index is 12.9. The number of anilines is 1. The van der Waals surface area contributed by atoms with Crippen LogP contribution in [-0.4, -0.2) is 13.2 Å². The first-order chi connectivity index (χ1) is 9.24. The maximum atomic E-state index is 12.9. The number of hydrogen-bond acceptors (Lipinski definition) is 2. The zero-order chi connectivity index (χ0) is 13.5. The highest BCUT2D eigenvalue weighted by Crippen LogP contribution is 2.15. The summed E-state index contributed by atoms with van der Waals surface area (Å²) in [5.41, 5.74) is 1.04. The second kappa shape index (κ2) is 6.73. The van der Waals surface area contributed by atoms with Crippen LogP contribution in [0.25, 0.3) is 0 Å². The van der Waals surface area contributed by atoms with Gasteiger partial charge in [0.15, 0.2) is 0 Å². The van der Waals surface area contributed by atoms with Gasteiger partial charge in [0.05, 0.1) is 6.61 Å². The highest BCUT2D eigenvalue weighted by Gasteiger charge is 2.01. The van der Waals surface area contributed by atoms with Crippen molar-refractivity contribution in [3.63, 3.8) is 0 Å². The fourth-order valence-electron chi connectivity index (χ4n) is 1.66. The molecular weight excluding hydrogens is 248 g/mol. The lowest BCUT2D eigenvalue weighted by Crippen LogP contribution is -2.07. The number of halogens is 2. The minimum atomic E-state index is -0.627. The van der Waals surface area contributed by atoms with Gasteiger partial charge < -0.3 is 10.1 Å². The van der Waals surface area contributed by atoms with Crippen molar-refractivity contribution in [2.45, 2.75) is 6.42 Å². The summed E-state index contributed by atoms with van der Waals surface area (Å²) in [5, 5.41) is 3.23. The molecule has 0 aromatic heterocycles. The molecule has 0 unspecified atom stereocenters. The van der Waals surface area contributed by atoms with Crippen molar-refractivity contribution in [1.29, 1.82) is 0 Å². The highest BCUT2D eigenvalue weighted by atomic mass is 19.1. The first-order valence-corrected chi connectivity index (χ1v) is 6.12. The first-order valence-electron chi connectivity index (χ1n) is 6.12. The van der Waals surface area contributed by atoms with Crippen molar-refractivity contribution < 1.29 is 13.5 Å². The topological polar surface area (TPSA) is 21.3 Å². The van der Waals surface area contributed by atoms with Gasteiger partial charge in [-0.05, 0) is 18.6 Å². The Kier molecular flexibility index (Phi) is 4.72. The van der Waals surface area contributed by atoms with Gasteiger partial charge in [-0.1, -0.05) is 18.2 Å². The molecule has 2 aromatic carbocycles. The third kappa shape index (κ3) is 4.58. The van der Waals surface area contributed by atoms with Crippen LogP contribution in [0.15, 0.2) is 48.5 Å². The quantitative estimate of drug-likeness (QED) is 0.799. The Hall–Kier alpha value is -2.10. The largest absolute Gasteiger partial charge is 0.493 e. The van der Waals surface area contributed by atoms with Crippen LogP contribution in [0.5, 0.6) is 5.75 Å². The van der Waals surface area contributed by atoms with Crippen LogP contribution < -0.4 is 10.1 Å². The van der Waals surface area contributed by atoms with Gasteiger partial charge in [-0.15, -0.1) is 0 Å². The second-order valence-electron chi connectivity index (χ2n) is 4.10. The summed E-state index contributed by atoms with van der Waals surface area (Å²) in [7, 11) is 0. The van der Waals surface area contributed by atoms with Gasteiger partial charge >= 0.3 is 0 Å². The Labute approximate surface area is 111 Å². The molecule has 0 saturated heterocycles. The standard InChI is InChI=1S/C15H15F2NO/c16-12-9-13(17)11-15(10-12)19-8-4-7-18-14-5-2-1-3-6-14/h1-3,5-6,9-11,18H,4,7-8H2. The van der Waals surface area contributed by atoms with E-state index in [9.17, 15) is 8.78 Å². The number of para-hydroxylation sites is 1. The van der Waals surface area contributed by atoms with Crippen molar-refractivity contribution in [3.05, 3.63) is 60.2 Å². The molecule has 0 bridgehead atoms. The number of nitrogens with one attached hydrogen (secondary N) is 1. The third-order valence-electron chi connectivity index (χ3n) is 2.53. The van der Waals surface area contributed by atoms with Crippen LogP contribution in [0, 0.1) is 11.6 Å². The van der Waals surface area contributed by atoms with Crippen molar-refractivity contribution in [3.8, 4) is 5.75 Å². The Balaban J connectivity index is 1.69. The van der Waals surface area contributed by atoms with Gasteiger partial charge in [0.25, 0.3) is 0 Å². The van der Waals surface area contributed by atoms with Crippen LogP contribution in [0.4, 0.5) is 14.5 Å². The monoisotopic (exact) mass is 263 g/mol. The molecule has 0 saturated carbocycles. The van der Waals surface area contributed by atoms with Crippen LogP contribution in [0.3, 0.4) is 0 Å². The number of benzene rings is 2. The van der Waals surface area contributed by atoms with E-state index >= 15 is 0 Å². The minimum Gasteiger partial charge on any atom is -0.493 e. The van der Waals surface area contributed by atoms with E-state index in [4.69, 9.17) is 4.74 Å². The van der Waals surface area contributed by atoms with Crippen LogP contribution in [-0.2, 0) is 0 Å². The normalized spacial score (nSPS) is 10.2. The lowest BCUT2D eigenvalue weighted by molar-refractivity contribution is 0.311. The van der Waals surface area contributed by atoms with E-state index in [1.165, 1.54) is 12.1 Å². The van der Waals surface area contributed by atoms with Crippen molar-refractivity contribution >= 4 is 5.69 Å². The summed E-state index contributed by atoms with van der Waals surface area (Å²) in [6.45, 7) is 1.14. The van der Waals surface area contributed by atoms with Crippen molar-refractivity contribution in [2.75, 3.05) is 18.5 Å². The van der Waals surface area contributed by atoms with Crippen molar-refractivity contribution in [2.24, 2.45) is 0 Å². The van der Waals surface area contributed by atoms with E-state index in [1.807, 2.05) is 30.3 Å². The van der Waals surface area contributed by atoms with Crippen LogP contribution in [0.2, 0.25) is 0 Å². The zero-order valence-electron chi connectivity index (χ0n) is 10.4. The second-order valence-corrected chi connectivity index (χ2v) is 4.10. The molecule has 4 heteroatoms. The highest BCUT2D eigenvalue weighted by molar-refractivity contribution is 5.42. The Bertz CT molecular complexity index is 497. The SMILES string of the molecule is Fc1cc(F)cc(OCCCNc2ccccc2)c1. The Morgan fingerprint density at radius 3 is 2.32 bits per heavy atom. The van der Waals surface area contributed by atoms with E-state index in [2.05, 4.69) is 5.32 Å². The molecule has 0 heterocycles. The van der Waals surface area contributed by atoms with Gasteiger partial charge in [0.2, 0.25) is 0 Å². The summed E-state index contributed by atoms with van der Waals surface area (Å²) < 4.78 is 31.1. The number of hydrogen-bond donors (Lipinski definition) is 1. The molecule has 100 valence electrons. The van der Waals surface area contributed by atoms with Gasteiger partial charge in [0, 0.05) is 30.4 Å². The minimum absolute atomic E-state index is 0.220. The predicted molar refractivity (Wildman–Crippen MR) is 71.4 cm³/mol. The summed E-state index contributed by atoms with van der Waals surface area (Å²) in [4.78, 5) is 0. The molecule has 2 nitrogen and oxygen atoms in total. The van der Waals surface area contributed by atoms with Gasteiger partial charge in [-0.2, -0.15) is 0 Å². The van der Waals surface area contributed by atoms with E-state index < -0.39 is 11.6 Å². The number of ether oxygens (including phenoxy) is 1. The summed E-state index contributed by atoms with van der Waals surface area (Å²) in [6.07, 6.45) is 0.743. The van der Waals surface area contributed by atoms with Crippen LogP contribution >= 0.6 is 0 Å². The molecular formula is C15H15F2NO. The van der Waals surface area contributed by atoms with E-state index in [0.717, 1.165) is 24.7 Å². The molecule has 2 rings (SSSR count). The zero-order valence-corrected chi connectivity index (χ0v) is 10.4. The summed E-state index contributed by atoms with van der Waals surface area (Å²) >= 11 is 0. The van der Waals surface area contributed by atoms with Gasteiger partial charge in [-0.3, -0.25) is 0 Å². The molecule has 0 aliphatic heterocycles. The maximum Gasteiger partial charge on any atom is 0.129 e. The molecule has 19 heavy (non-hydrogen) atoms. The smallest absolute Gasteiger partial charge is 0.129 e. The van der Waals surface area contributed by atoms with Crippen LogP contribution in [0.1, 0.15) is 6.42 Å². The number of rotatable bonds is 6. The molecule has 0 aliphatic carbocycles. The average Bonchev–Trinajstić information content (AvgIpc) is 2.38. The molecule has 0 aliphatic rings. The fourth-order valence-corrected chi connectivity index (χ4v) is 1.66. The predicted octanol–water partition coefficient (Wildman–Crippen LogP) is 3.85. The molecule has 2 aromatic rings. The molecule has 0 amide bonds. The molecule has 0 spiro atoms. The summed E-state index contributed by atoms with van der Waals surface area (Å²) in [6, 6.07) is 13.0. The Morgan fingerprint density at radius 1 is 0.947 bits per heavy atom. The van der Waals surface area contributed by atoms with E-state index in [0.29, 0.717) is 6.61 Å². The molecule has 0 radical (unpaired) electrons. The summed E-state index contributed by atoms with van der Waals surface area (Å²) in [5.74, 6) is -1.04. The molecule has 0 fully saturated rings.